The number of anilines is 1. The Labute approximate surface area is 157 Å². The fourth-order valence-electron chi connectivity index (χ4n) is 2.19. The predicted octanol–water partition coefficient (Wildman–Crippen LogP) is 4.20. The molecule has 3 rings (SSSR count). The van der Waals surface area contributed by atoms with Crippen LogP contribution in [-0.2, 0) is 11.2 Å². The second-order valence-electron chi connectivity index (χ2n) is 5.60. The summed E-state index contributed by atoms with van der Waals surface area (Å²) in [7, 11) is 0. The van der Waals surface area contributed by atoms with Gasteiger partial charge in [-0.25, -0.2) is 13.2 Å². The maximum absolute atomic E-state index is 13.6. The third-order valence-electron chi connectivity index (χ3n) is 3.59. The number of aromatic nitrogens is 2. The summed E-state index contributed by atoms with van der Waals surface area (Å²) < 4.78 is 45.3. The molecular formula is C18H14F3N3O2S. The Morgan fingerprint density at radius 3 is 2.59 bits per heavy atom. The topological polar surface area (TPSA) is 68.0 Å². The Kier molecular flexibility index (Phi) is 5.80. The standard InChI is InChI=1S/C18H14F3N3O2S/c1-10(17(25)22-13-8-7-12(19)15(20)16(13)21)27-18-24-23-14(26-18)9-11-5-3-2-4-6-11/h2-8,10H,9H2,1H3,(H,22,25)/t10-/m0/s1. The molecule has 1 atom stereocenters. The van der Waals surface area contributed by atoms with Crippen LogP contribution >= 0.6 is 11.8 Å². The first-order valence-corrected chi connectivity index (χ1v) is 8.79. The van der Waals surface area contributed by atoms with E-state index in [9.17, 15) is 18.0 Å². The highest BCUT2D eigenvalue weighted by atomic mass is 32.2. The van der Waals surface area contributed by atoms with E-state index >= 15 is 0 Å². The van der Waals surface area contributed by atoms with Crippen molar-refractivity contribution in [1.29, 1.82) is 0 Å². The monoisotopic (exact) mass is 393 g/mol. The number of halogens is 3. The molecule has 0 fully saturated rings. The van der Waals surface area contributed by atoms with Crippen molar-refractivity contribution in [2.75, 3.05) is 5.32 Å². The molecule has 0 bridgehead atoms. The summed E-state index contributed by atoms with van der Waals surface area (Å²) in [5, 5.41) is 9.45. The van der Waals surface area contributed by atoms with Gasteiger partial charge in [0.25, 0.3) is 5.22 Å². The Hall–Kier alpha value is -2.81. The minimum Gasteiger partial charge on any atom is -0.416 e. The van der Waals surface area contributed by atoms with Crippen molar-refractivity contribution >= 4 is 23.4 Å². The first-order chi connectivity index (χ1) is 12.9. The molecule has 2 aromatic carbocycles. The van der Waals surface area contributed by atoms with Crippen LogP contribution in [0.5, 0.6) is 0 Å². The van der Waals surface area contributed by atoms with Gasteiger partial charge in [0.15, 0.2) is 17.5 Å². The zero-order valence-electron chi connectivity index (χ0n) is 14.1. The highest BCUT2D eigenvalue weighted by Gasteiger charge is 2.21. The van der Waals surface area contributed by atoms with Gasteiger partial charge in [-0.2, -0.15) is 0 Å². The van der Waals surface area contributed by atoms with Gasteiger partial charge in [-0.15, -0.1) is 10.2 Å². The van der Waals surface area contributed by atoms with Gasteiger partial charge < -0.3 is 9.73 Å². The molecule has 0 aliphatic rings. The Balaban J connectivity index is 1.61. The van der Waals surface area contributed by atoms with Crippen molar-refractivity contribution in [3.8, 4) is 0 Å². The van der Waals surface area contributed by atoms with E-state index in [0.717, 1.165) is 29.5 Å². The number of hydrogen-bond acceptors (Lipinski definition) is 5. The normalized spacial score (nSPS) is 12.0. The molecule has 5 nitrogen and oxygen atoms in total. The van der Waals surface area contributed by atoms with E-state index in [0.29, 0.717) is 12.3 Å². The van der Waals surface area contributed by atoms with Crippen molar-refractivity contribution in [1.82, 2.24) is 10.2 Å². The Morgan fingerprint density at radius 2 is 1.85 bits per heavy atom. The zero-order chi connectivity index (χ0) is 19.4. The van der Waals surface area contributed by atoms with Gasteiger partial charge in [0.2, 0.25) is 11.8 Å². The van der Waals surface area contributed by atoms with Crippen LogP contribution in [0.2, 0.25) is 0 Å². The van der Waals surface area contributed by atoms with Crippen LogP contribution in [0, 0.1) is 17.5 Å². The van der Waals surface area contributed by atoms with Crippen LogP contribution in [0.25, 0.3) is 0 Å². The second-order valence-corrected chi connectivity index (χ2v) is 6.89. The minimum atomic E-state index is -1.64. The van der Waals surface area contributed by atoms with E-state index in [-0.39, 0.29) is 5.22 Å². The summed E-state index contributed by atoms with van der Waals surface area (Å²) in [5.74, 6) is -4.65. The van der Waals surface area contributed by atoms with Gasteiger partial charge >= 0.3 is 0 Å². The average molecular weight is 393 g/mol. The molecule has 140 valence electrons. The largest absolute Gasteiger partial charge is 0.416 e. The predicted molar refractivity (Wildman–Crippen MR) is 93.8 cm³/mol. The highest BCUT2D eigenvalue weighted by Crippen LogP contribution is 2.25. The lowest BCUT2D eigenvalue weighted by Crippen LogP contribution is -2.23. The summed E-state index contributed by atoms with van der Waals surface area (Å²) >= 11 is 0.973. The molecule has 1 aromatic heterocycles. The van der Waals surface area contributed by atoms with Crippen LogP contribution < -0.4 is 5.32 Å². The van der Waals surface area contributed by atoms with Crippen LogP contribution in [0.1, 0.15) is 18.4 Å². The van der Waals surface area contributed by atoms with Gasteiger partial charge in [0.1, 0.15) is 0 Å². The van der Waals surface area contributed by atoms with Crippen molar-refractivity contribution in [2.45, 2.75) is 23.8 Å². The minimum absolute atomic E-state index is 0.175. The lowest BCUT2D eigenvalue weighted by atomic mass is 10.2. The third-order valence-corrected chi connectivity index (χ3v) is 4.52. The molecular weight excluding hydrogens is 379 g/mol. The average Bonchev–Trinajstić information content (AvgIpc) is 3.09. The molecule has 0 saturated heterocycles. The van der Waals surface area contributed by atoms with Gasteiger partial charge in [0, 0.05) is 0 Å². The summed E-state index contributed by atoms with van der Waals surface area (Å²) in [6, 6.07) is 11.2. The summed E-state index contributed by atoms with van der Waals surface area (Å²) in [6.07, 6.45) is 0.453. The molecule has 9 heteroatoms. The number of thioether (sulfide) groups is 1. The first kappa shape index (κ1) is 19.0. The van der Waals surface area contributed by atoms with Crippen LogP contribution in [0.3, 0.4) is 0 Å². The summed E-state index contributed by atoms with van der Waals surface area (Å²) in [4.78, 5) is 12.2. The number of benzene rings is 2. The van der Waals surface area contributed by atoms with Crippen LogP contribution in [0.4, 0.5) is 18.9 Å². The Morgan fingerprint density at radius 1 is 1.11 bits per heavy atom. The van der Waals surface area contributed by atoms with Crippen molar-refractivity contribution in [2.24, 2.45) is 0 Å². The van der Waals surface area contributed by atoms with E-state index in [1.54, 1.807) is 6.92 Å². The van der Waals surface area contributed by atoms with Crippen LogP contribution in [-0.4, -0.2) is 21.4 Å². The zero-order valence-corrected chi connectivity index (χ0v) is 14.9. The summed E-state index contributed by atoms with van der Waals surface area (Å²) in [6.45, 7) is 1.54. The number of nitrogens with one attached hydrogen (secondary N) is 1. The van der Waals surface area contributed by atoms with Gasteiger partial charge in [-0.05, 0) is 24.6 Å². The second kappa shape index (κ2) is 8.26. The van der Waals surface area contributed by atoms with Gasteiger partial charge in [-0.1, -0.05) is 42.1 Å². The van der Waals surface area contributed by atoms with Crippen molar-refractivity contribution in [3.05, 3.63) is 71.4 Å². The molecule has 1 amide bonds. The number of nitrogens with zero attached hydrogens (tertiary/aromatic N) is 2. The van der Waals surface area contributed by atoms with Gasteiger partial charge in [-0.3, -0.25) is 4.79 Å². The van der Waals surface area contributed by atoms with Crippen molar-refractivity contribution in [3.63, 3.8) is 0 Å². The molecule has 3 aromatic rings. The van der Waals surface area contributed by atoms with E-state index in [1.165, 1.54) is 0 Å². The fourth-order valence-corrected chi connectivity index (χ4v) is 2.89. The van der Waals surface area contributed by atoms with E-state index < -0.39 is 34.3 Å². The first-order valence-electron chi connectivity index (χ1n) is 7.91. The SMILES string of the molecule is C[C@H](Sc1nnc(Cc2ccccc2)o1)C(=O)Nc1ccc(F)c(F)c1F. The third kappa shape index (κ3) is 4.68. The van der Waals surface area contributed by atoms with E-state index in [1.807, 2.05) is 30.3 Å². The fraction of sp³-hybridized carbons (Fsp3) is 0.167. The van der Waals surface area contributed by atoms with Crippen molar-refractivity contribution < 1.29 is 22.4 Å². The van der Waals surface area contributed by atoms with E-state index in [2.05, 4.69) is 15.5 Å². The summed E-state index contributed by atoms with van der Waals surface area (Å²) in [5.41, 5.74) is 0.555. The molecule has 0 unspecified atom stereocenters. The molecule has 0 saturated carbocycles. The number of rotatable bonds is 6. The van der Waals surface area contributed by atoms with E-state index in [4.69, 9.17) is 4.42 Å². The lowest BCUT2D eigenvalue weighted by molar-refractivity contribution is -0.115. The molecule has 1 N–H and O–H groups in total. The number of carbonyl (C=O) groups excluding carboxylic acids is 1. The molecule has 27 heavy (non-hydrogen) atoms. The quantitative estimate of drug-likeness (QED) is 0.502. The van der Waals surface area contributed by atoms with Gasteiger partial charge in [0.05, 0.1) is 17.4 Å². The number of hydrogen-bond donors (Lipinski definition) is 1. The molecule has 0 aliphatic heterocycles. The Bertz CT molecular complexity index is 950. The maximum atomic E-state index is 13.6. The highest BCUT2D eigenvalue weighted by molar-refractivity contribution is 8.00. The number of carbonyl (C=O) groups is 1. The molecule has 1 heterocycles. The number of amides is 1. The molecule has 0 spiro atoms. The molecule has 0 radical (unpaired) electrons. The van der Waals surface area contributed by atoms with Crippen LogP contribution in [0.15, 0.2) is 52.1 Å². The smallest absolute Gasteiger partial charge is 0.277 e. The molecule has 0 aliphatic carbocycles. The maximum Gasteiger partial charge on any atom is 0.277 e. The lowest BCUT2D eigenvalue weighted by Gasteiger charge is -2.11.